The molecule has 0 aliphatic carbocycles. The molecule has 13 N–H and O–H groups in total. The predicted octanol–water partition coefficient (Wildman–Crippen LogP) is -0.840. The molecule has 0 rings (SSSR count). The number of hydrogen-bond acceptors (Lipinski definition) is 7. The van der Waals surface area contributed by atoms with Crippen molar-refractivity contribution < 1.29 is 29.7 Å². The summed E-state index contributed by atoms with van der Waals surface area (Å²) in [7, 11) is 0. The number of carbonyl (C=O) groups is 3. The van der Waals surface area contributed by atoms with E-state index in [9.17, 15) is 14.4 Å². The zero-order valence-electron chi connectivity index (χ0n) is 17.6. The molecule has 0 radical (unpaired) electrons. The Morgan fingerprint density at radius 1 is 0.931 bits per heavy atom. The first-order chi connectivity index (χ1) is 13.2. The highest BCUT2D eigenvalue weighted by Gasteiger charge is 2.17. The van der Waals surface area contributed by atoms with Crippen molar-refractivity contribution in [3.05, 3.63) is 0 Å². The number of nitrogens with one attached hydrogen (secondary N) is 2. The van der Waals surface area contributed by atoms with Gasteiger partial charge in [0, 0.05) is 6.54 Å². The minimum absolute atomic E-state index is 0.0208. The zero-order valence-corrected chi connectivity index (χ0v) is 17.6. The van der Waals surface area contributed by atoms with E-state index in [1.807, 2.05) is 13.8 Å². The molecule has 0 amide bonds. The number of rotatable bonds is 10. The van der Waals surface area contributed by atoms with Gasteiger partial charge in [0.15, 0.2) is 5.96 Å². The first-order valence-electron chi connectivity index (χ1n) is 9.21. The van der Waals surface area contributed by atoms with E-state index in [0.717, 1.165) is 6.42 Å². The lowest BCUT2D eigenvalue weighted by atomic mass is 10.0. The van der Waals surface area contributed by atoms with Crippen LogP contribution in [-0.4, -0.2) is 63.9 Å². The van der Waals surface area contributed by atoms with Crippen molar-refractivity contribution in [2.45, 2.75) is 65.1 Å². The van der Waals surface area contributed by atoms with Gasteiger partial charge in [0.05, 0.1) is 0 Å². The molecule has 0 unspecified atom stereocenters. The molecule has 0 heterocycles. The van der Waals surface area contributed by atoms with Gasteiger partial charge in [-0.3, -0.25) is 19.8 Å². The van der Waals surface area contributed by atoms with Crippen LogP contribution >= 0.6 is 0 Å². The average molecular weight is 423 g/mol. The topological polar surface area (TPSA) is 252 Å². The van der Waals surface area contributed by atoms with E-state index in [1.165, 1.54) is 0 Å². The quantitative estimate of drug-likeness (QED) is 0.119. The van der Waals surface area contributed by atoms with Crippen LogP contribution < -0.4 is 28.3 Å². The minimum atomic E-state index is -1.00. The van der Waals surface area contributed by atoms with Gasteiger partial charge in [0.25, 0.3) is 0 Å². The zero-order chi connectivity index (χ0) is 23.7. The van der Waals surface area contributed by atoms with Crippen molar-refractivity contribution in [1.82, 2.24) is 5.32 Å². The Morgan fingerprint density at radius 2 is 1.38 bits per heavy atom. The molecule has 0 saturated carbocycles. The van der Waals surface area contributed by atoms with E-state index in [1.54, 1.807) is 13.8 Å². The van der Waals surface area contributed by atoms with Crippen LogP contribution in [0.2, 0.25) is 0 Å². The molecule has 0 bridgehead atoms. The van der Waals surface area contributed by atoms with Crippen LogP contribution in [0.15, 0.2) is 0 Å². The van der Waals surface area contributed by atoms with Crippen LogP contribution in [0.1, 0.15) is 47.0 Å². The van der Waals surface area contributed by atoms with Crippen LogP contribution in [-0.2, 0) is 14.4 Å². The van der Waals surface area contributed by atoms with Gasteiger partial charge in [-0.1, -0.05) is 34.1 Å². The highest BCUT2D eigenvalue weighted by Crippen LogP contribution is 2.04. The van der Waals surface area contributed by atoms with Crippen molar-refractivity contribution in [2.24, 2.45) is 34.8 Å². The average Bonchev–Trinajstić information content (AvgIpc) is 2.63. The van der Waals surface area contributed by atoms with E-state index in [4.69, 9.17) is 43.7 Å². The summed E-state index contributed by atoms with van der Waals surface area (Å²) in [6.45, 7) is 7.79. The first-order valence-corrected chi connectivity index (χ1v) is 9.21. The summed E-state index contributed by atoms with van der Waals surface area (Å²) in [5.41, 5.74) is 20.6. The summed E-state index contributed by atoms with van der Waals surface area (Å²) < 4.78 is 0. The minimum Gasteiger partial charge on any atom is -0.480 e. The highest BCUT2D eigenvalue weighted by atomic mass is 16.4. The third kappa shape index (κ3) is 20.1. The summed E-state index contributed by atoms with van der Waals surface area (Å²) in [5, 5.41) is 34.3. The second kappa shape index (κ2) is 17.6. The summed E-state index contributed by atoms with van der Waals surface area (Å²) in [6, 6.07) is -2.23. The van der Waals surface area contributed by atoms with E-state index in [2.05, 4.69) is 5.32 Å². The number of hydrogen-bond donors (Lipinski definition) is 9. The number of guanidine groups is 1. The molecular weight excluding hydrogens is 384 g/mol. The summed E-state index contributed by atoms with van der Waals surface area (Å²) in [5.74, 6) is -2.86. The van der Waals surface area contributed by atoms with Crippen LogP contribution in [0.3, 0.4) is 0 Å². The number of carboxylic acids is 3. The second-order valence-corrected chi connectivity index (χ2v) is 6.79. The lowest BCUT2D eigenvalue weighted by Gasteiger charge is -2.11. The first kappa shape index (κ1) is 31.3. The summed E-state index contributed by atoms with van der Waals surface area (Å²) in [4.78, 5) is 30.4. The predicted molar refractivity (Wildman–Crippen MR) is 110 cm³/mol. The Bertz CT molecular complexity index is 503. The molecule has 0 aromatic rings. The SMILES string of the molecule is CC(C)[C@H](N)C(=O)O.CC[C@H](C)[C@H](N)C(=O)O.N=C(N)NCCC[C@H](N)C(=O)O. The lowest BCUT2D eigenvalue weighted by molar-refractivity contribution is -0.140. The van der Waals surface area contributed by atoms with Crippen LogP contribution in [0, 0.1) is 17.2 Å². The molecule has 0 aromatic carbocycles. The Balaban J connectivity index is -0.000000359. The maximum absolute atomic E-state index is 10.2. The number of carboxylic acid groups (broad SMARTS) is 3. The molecule has 0 aromatic heterocycles. The maximum atomic E-state index is 10.2. The van der Waals surface area contributed by atoms with Gasteiger partial charge >= 0.3 is 17.9 Å². The third-order valence-electron chi connectivity index (χ3n) is 3.87. The molecular formula is C17H38N6O6. The van der Waals surface area contributed by atoms with Crippen LogP contribution in [0.5, 0.6) is 0 Å². The van der Waals surface area contributed by atoms with E-state index in [0.29, 0.717) is 19.4 Å². The fraction of sp³-hybridized carbons (Fsp3) is 0.765. The second-order valence-electron chi connectivity index (χ2n) is 6.79. The maximum Gasteiger partial charge on any atom is 0.320 e. The van der Waals surface area contributed by atoms with Crippen LogP contribution in [0.25, 0.3) is 0 Å². The molecule has 0 fully saturated rings. The molecule has 4 atom stereocenters. The van der Waals surface area contributed by atoms with E-state index in [-0.39, 0.29) is 17.8 Å². The highest BCUT2D eigenvalue weighted by molar-refractivity contribution is 5.74. The monoisotopic (exact) mass is 422 g/mol. The van der Waals surface area contributed by atoms with Gasteiger partial charge in [0.1, 0.15) is 18.1 Å². The number of nitrogens with two attached hydrogens (primary N) is 4. The lowest BCUT2D eigenvalue weighted by Crippen LogP contribution is -2.36. The number of aliphatic carboxylic acids is 3. The molecule has 172 valence electrons. The molecule has 0 aliphatic heterocycles. The third-order valence-corrected chi connectivity index (χ3v) is 3.87. The smallest absolute Gasteiger partial charge is 0.320 e. The molecule has 12 nitrogen and oxygen atoms in total. The van der Waals surface area contributed by atoms with Gasteiger partial charge in [-0.15, -0.1) is 0 Å². The van der Waals surface area contributed by atoms with Crippen molar-refractivity contribution >= 4 is 23.9 Å². The summed E-state index contributed by atoms with van der Waals surface area (Å²) in [6.07, 6.45) is 1.79. The molecule has 12 heteroatoms. The summed E-state index contributed by atoms with van der Waals surface area (Å²) >= 11 is 0. The molecule has 0 aliphatic rings. The van der Waals surface area contributed by atoms with Crippen molar-refractivity contribution in [1.29, 1.82) is 5.41 Å². The Morgan fingerprint density at radius 3 is 1.59 bits per heavy atom. The van der Waals surface area contributed by atoms with Gasteiger partial charge in [-0.05, 0) is 24.7 Å². The van der Waals surface area contributed by atoms with Crippen LogP contribution in [0.4, 0.5) is 0 Å². The standard InChI is InChI=1S/C6H14N4O2.C6H13NO2.C5H11NO2/c7-4(5(11)12)2-1-3-10-6(8)9;1-3-4(2)5(7)6(8)9;1-3(2)4(6)5(7)8/h4H,1-3,7H2,(H,11,12)(H4,8,9,10);4-5H,3,7H2,1-2H3,(H,8,9);3-4H,6H2,1-2H3,(H,7,8)/t4-;4-,5-;4-/m000/s1. The van der Waals surface area contributed by atoms with E-state index < -0.39 is 36.0 Å². The normalized spacial score (nSPS) is 14.1. The van der Waals surface area contributed by atoms with E-state index >= 15 is 0 Å². The Kier molecular flexibility index (Phi) is 19.0. The van der Waals surface area contributed by atoms with Gasteiger partial charge in [-0.2, -0.15) is 0 Å². The van der Waals surface area contributed by atoms with Gasteiger partial charge < -0.3 is 43.6 Å². The van der Waals surface area contributed by atoms with Crippen molar-refractivity contribution in [3.63, 3.8) is 0 Å². The largest absolute Gasteiger partial charge is 0.480 e. The molecule has 29 heavy (non-hydrogen) atoms. The fourth-order valence-corrected chi connectivity index (χ4v) is 1.45. The fourth-order valence-electron chi connectivity index (χ4n) is 1.45. The Labute approximate surface area is 171 Å². The Hall–Kier alpha value is -2.44. The van der Waals surface area contributed by atoms with Crippen molar-refractivity contribution in [3.8, 4) is 0 Å². The van der Waals surface area contributed by atoms with Gasteiger partial charge in [0.2, 0.25) is 0 Å². The molecule has 0 saturated heterocycles. The van der Waals surface area contributed by atoms with Gasteiger partial charge in [-0.25, -0.2) is 0 Å². The molecule has 0 spiro atoms. The van der Waals surface area contributed by atoms with Crippen molar-refractivity contribution in [2.75, 3.05) is 6.54 Å².